The Labute approximate surface area is 189 Å². The lowest BCUT2D eigenvalue weighted by molar-refractivity contribution is -0.122. The van der Waals surface area contributed by atoms with Gasteiger partial charge in [-0.2, -0.15) is 0 Å². The monoisotopic (exact) mass is 434 g/mol. The second kappa shape index (κ2) is 12.5. The van der Waals surface area contributed by atoms with Crippen molar-refractivity contribution in [3.05, 3.63) is 78.1 Å². The van der Waals surface area contributed by atoms with Crippen LogP contribution in [0.25, 0.3) is 11.1 Å². The molecule has 1 aliphatic heterocycles. The van der Waals surface area contributed by atoms with E-state index in [1.165, 1.54) is 24.0 Å². The van der Waals surface area contributed by atoms with Gasteiger partial charge in [0.25, 0.3) is 6.47 Å². The molecule has 0 spiro atoms. The standard InChI is InChI=1S/C24H28N4O.CH2O2/c1-28(18-20-6-3-2-4-7-20)24-26-15-22(16-27-24)21-11-9-19(10-12-21)14-25-17-23-8-5-13-29-23;2-1-3/h2-4,6-7,9-12,15-16,23,25H,5,8,13-14,17-18H2,1H3;1H,(H,2,3). The molecule has 168 valence electrons. The molecule has 7 heteroatoms. The van der Waals surface area contributed by atoms with Gasteiger partial charge in [-0.1, -0.05) is 54.6 Å². The molecule has 1 fully saturated rings. The summed E-state index contributed by atoms with van der Waals surface area (Å²) < 4.78 is 5.65. The second-order valence-corrected chi connectivity index (χ2v) is 7.68. The predicted molar refractivity (Wildman–Crippen MR) is 125 cm³/mol. The summed E-state index contributed by atoms with van der Waals surface area (Å²) in [5.41, 5.74) is 4.67. The van der Waals surface area contributed by atoms with Gasteiger partial charge in [0.2, 0.25) is 5.95 Å². The lowest BCUT2D eigenvalue weighted by atomic mass is 10.1. The fourth-order valence-electron chi connectivity index (χ4n) is 3.59. The molecule has 1 atom stereocenters. The van der Waals surface area contributed by atoms with Crippen LogP contribution in [0.15, 0.2) is 67.0 Å². The smallest absolute Gasteiger partial charge is 0.290 e. The number of carbonyl (C=O) groups is 1. The highest BCUT2D eigenvalue weighted by atomic mass is 16.5. The molecule has 1 aromatic heterocycles. The van der Waals surface area contributed by atoms with E-state index in [2.05, 4.69) is 68.7 Å². The Hall–Kier alpha value is -3.29. The number of carboxylic acid groups (broad SMARTS) is 1. The van der Waals surface area contributed by atoms with E-state index in [9.17, 15) is 0 Å². The summed E-state index contributed by atoms with van der Waals surface area (Å²) in [6.07, 6.45) is 6.53. The van der Waals surface area contributed by atoms with E-state index in [0.717, 1.165) is 43.3 Å². The van der Waals surface area contributed by atoms with Crippen LogP contribution in [0.5, 0.6) is 0 Å². The molecule has 7 nitrogen and oxygen atoms in total. The Kier molecular flexibility index (Phi) is 9.16. The Balaban J connectivity index is 0.000000913. The lowest BCUT2D eigenvalue weighted by Gasteiger charge is -2.17. The van der Waals surface area contributed by atoms with Crippen LogP contribution in [0.3, 0.4) is 0 Å². The first-order valence-corrected chi connectivity index (χ1v) is 10.8. The Morgan fingerprint density at radius 3 is 2.38 bits per heavy atom. The third-order valence-corrected chi connectivity index (χ3v) is 5.25. The van der Waals surface area contributed by atoms with Crippen LogP contribution < -0.4 is 10.2 Å². The molecule has 0 saturated carbocycles. The third kappa shape index (κ3) is 7.14. The van der Waals surface area contributed by atoms with Gasteiger partial charge in [-0.15, -0.1) is 0 Å². The van der Waals surface area contributed by atoms with Crippen LogP contribution in [-0.4, -0.2) is 47.8 Å². The molecule has 4 rings (SSSR count). The summed E-state index contributed by atoms with van der Waals surface area (Å²) in [7, 11) is 2.01. The third-order valence-electron chi connectivity index (χ3n) is 5.25. The number of aromatic nitrogens is 2. The van der Waals surface area contributed by atoms with Crippen molar-refractivity contribution in [2.75, 3.05) is 25.1 Å². The Morgan fingerprint density at radius 1 is 1.06 bits per heavy atom. The molecule has 0 radical (unpaired) electrons. The molecule has 2 N–H and O–H groups in total. The molecule has 2 aromatic carbocycles. The van der Waals surface area contributed by atoms with Gasteiger partial charge in [-0.05, 0) is 29.5 Å². The zero-order valence-electron chi connectivity index (χ0n) is 18.4. The largest absolute Gasteiger partial charge is 0.483 e. The number of ether oxygens (including phenoxy) is 1. The van der Waals surface area contributed by atoms with E-state index in [1.807, 2.05) is 25.5 Å². The van der Waals surface area contributed by atoms with Gasteiger partial charge in [0, 0.05) is 51.2 Å². The maximum atomic E-state index is 8.36. The van der Waals surface area contributed by atoms with Crippen molar-refractivity contribution in [1.82, 2.24) is 15.3 Å². The minimum absolute atomic E-state index is 0.250. The van der Waals surface area contributed by atoms with Gasteiger partial charge in [0.15, 0.2) is 0 Å². The van der Waals surface area contributed by atoms with Gasteiger partial charge in [0.1, 0.15) is 0 Å². The molecule has 0 bridgehead atoms. The van der Waals surface area contributed by atoms with E-state index in [0.29, 0.717) is 6.10 Å². The van der Waals surface area contributed by atoms with Gasteiger partial charge >= 0.3 is 0 Å². The maximum Gasteiger partial charge on any atom is 0.290 e. The molecule has 2 heterocycles. The minimum atomic E-state index is -0.250. The highest BCUT2D eigenvalue weighted by Crippen LogP contribution is 2.20. The van der Waals surface area contributed by atoms with E-state index in [1.54, 1.807) is 0 Å². The summed E-state index contributed by atoms with van der Waals surface area (Å²) >= 11 is 0. The molecule has 1 aliphatic rings. The van der Waals surface area contributed by atoms with Crippen molar-refractivity contribution in [3.63, 3.8) is 0 Å². The number of rotatable bonds is 8. The number of hydrogen-bond donors (Lipinski definition) is 2. The Morgan fingerprint density at radius 2 is 1.75 bits per heavy atom. The maximum absolute atomic E-state index is 8.36. The topological polar surface area (TPSA) is 87.6 Å². The first kappa shape index (κ1) is 23.4. The predicted octanol–water partition coefficient (Wildman–Crippen LogP) is 3.75. The molecule has 3 aromatic rings. The second-order valence-electron chi connectivity index (χ2n) is 7.68. The molecular weight excluding hydrogens is 404 g/mol. The van der Waals surface area contributed by atoms with Crippen molar-refractivity contribution in [3.8, 4) is 11.1 Å². The van der Waals surface area contributed by atoms with E-state index < -0.39 is 0 Å². The first-order valence-electron chi connectivity index (χ1n) is 10.8. The van der Waals surface area contributed by atoms with Crippen molar-refractivity contribution in [1.29, 1.82) is 0 Å². The number of hydrogen-bond acceptors (Lipinski definition) is 6. The van der Waals surface area contributed by atoms with Crippen LogP contribution in [-0.2, 0) is 22.6 Å². The molecule has 1 unspecified atom stereocenters. The minimum Gasteiger partial charge on any atom is -0.483 e. The first-order chi connectivity index (χ1) is 15.7. The lowest BCUT2D eigenvalue weighted by Crippen LogP contribution is -2.25. The average molecular weight is 435 g/mol. The van der Waals surface area contributed by atoms with Gasteiger partial charge in [-0.25, -0.2) is 9.97 Å². The fraction of sp³-hybridized carbons (Fsp3) is 0.320. The summed E-state index contributed by atoms with van der Waals surface area (Å²) in [6.45, 7) is 3.23. The number of anilines is 1. The zero-order valence-corrected chi connectivity index (χ0v) is 18.4. The van der Waals surface area contributed by atoms with Crippen molar-refractivity contribution in [2.45, 2.75) is 32.0 Å². The van der Waals surface area contributed by atoms with Crippen LogP contribution in [0.1, 0.15) is 24.0 Å². The Bertz CT molecular complexity index is 928. The molecule has 1 saturated heterocycles. The van der Waals surface area contributed by atoms with Crippen molar-refractivity contribution in [2.24, 2.45) is 0 Å². The normalized spacial score (nSPS) is 15.0. The summed E-state index contributed by atoms with van der Waals surface area (Å²) in [5.74, 6) is 0.729. The average Bonchev–Trinajstić information content (AvgIpc) is 3.34. The molecule has 0 aliphatic carbocycles. The highest BCUT2D eigenvalue weighted by Gasteiger charge is 2.14. The summed E-state index contributed by atoms with van der Waals surface area (Å²) in [4.78, 5) is 19.5. The fourth-order valence-corrected chi connectivity index (χ4v) is 3.59. The SMILES string of the molecule is CN(Cc1ccccc1)c1ncc(-c2ccc(CNCC3CCCO3)cc2)cn1.O=CO. The van der Waals surface area contributed by atoms with E-state index >= 15 is 0 Å². The zero-order chi connectivity index (χ0) is 22.6. The van der Waals surface area contributed by atoms with E-state index in [4.69, 9.17) is 14.6 Å². The molecule has 0 amide bonds. The van der Waals surface area contributed by atoms with Crippen LogP contribution in [0.2, 0.25) is 0 Å². The van der Waals surface area contributed by atoms with Crippen molar-refractivity contribution < 1.29 is 14.6 Å². The molecular formula is C25H30N4O3. The quantitative estimate of drug-likeness (QED) is 0.522. The number of benzene rings is 2. The molecule has 32 heavy (non-hydrogen) atoms. The highest BCUT2D eigenvalue weighted by molar-refractivity contribution is 5.62. The van der Waals surface area contributed by atoms with Crippen LogP contribution in [0.4, 0.5) is 5.95 Å². The number of nitrogens with one attached hydrogen (secondary N) is 1. The number of nitrogens with zero attached hydrogens (tertiary/aromatic N) is 3. The van der Waals surface area contributed by atoms with Gasteiger partial charge < -0.3 is 20.1 Å². The van der Waals surface area contributed by atoms with Crippen molar-refractivity contribution >= 4 is 12.4 Å². The van der Waals surface area contributed by atoms with Crippen LogP contribution >= 0.6 is 0 Å². The van der Waals surface area contributed by atoms with Gasteiger partial charge in [0.05, 0.1) is 6.10 Å². The van der Waals surface area contributed by atoms with Gasteiger partial charge in [-0.3, -0.25) is 4.79 Å². The van der Waals surface area contributed by atoms with Crippen LogP contribution in [0, 0.1) is 0 Å². The summed E-state index contributed by atoms with van der Waals surface area (Å²) in [6, 6.07) is 18.9. The summed E-state index contributed by atoms with van der Waals surface area (Å²) in [5, 5.41) is 10.4. The van der Waals surface area contributed by atoms with E-state index in [-0.39, 0.29) is 6.47 Å².